The molecule has 33 heavy (non-hydrogen) atoms. The van der Waals surface area contributed by atoms with Crippen LogP contribution in [0.5, 0.6) is 5.75 Å². The van der Waals surface area contributed by atoms with Crippen LogP contribution in [0.2, 0.25) is 0 Å². The molecule has 0 radical (unpaired) electrons. The van der Waals surface area contributed by atoms with Crippen LogP contribution in [-0.2, 0) is 4.79 Å². The summed E-state index contributed by atoms with van der Waals surface area (Å²) in [5.41, 5.74) is 3.03. The number of allylic oxidation sites excluding steroid dienone is 1. The van der Waals surface area contributed by atoms with Gasteiger partial charge < -0.3 is 15.4 Å². The molecule has 0 aliphatic carbocycles. The number of ether oxygens (including phenoxy) is 1. The molecule has 0 saturated carbocycles. The van der Waals surface area contributed by atoms with Crippen LogP contribution in [0.25, 0.3) is 0 Å². The van der Waals surface area contributed by atoms with Crippen molar-refractivity contribution in [1.82, 2.24) is 14.8 Å². The van der Waals surface area contributed by atoms with Crippen LogP contribution in [0.15, 0.2) is 71.0 Å². The lowest BCUT2D eigenvalue weighted by atomic mass is 9.95. The molecule has 2 heterocycles. The van der Waals surface area contributed by atoms with E-state index in [0.717, 1.165) is 34.9 Å². The molecule has 172 valence electrons. The minimum Gasteiger partial charge on any atom is -0.491 e. The second-order valence-electron chi connectivity index (χ2n) is 8.13. The molecule has 2 N–H and O–H groups in total. The number of thioether (sulfide) groups is 1. The Morgan fingerprint density at radius 3 is 2.58 bits per heavy atom. The summed E-state index contributed by atoms with van der Waals surface area (Å²) in [4.78, 5) is 18.1. The normalized spacial score (nSPS) is 15.2. The maximum absolute atomic E-state index is 13.5. The first-order valence-electron chi connectivity index (χ1n) is 11.2. The third kappa shape index (κ3) is 5.22. The van der Waals surface area contributed by atoms with Crippen molar-refractivity contribution in [2.24, 2.45) is 0 Å². The minimum absolute atomic E-state index is 0.0872. The van der Waals surface area contributed by atoms with Gasteiger partial charge in [-0.3, -0.25) is 4.79 Å². The molecule has 1 aromatic heterocycles. The van der Waals surface area contributed by atoms with Crippen molar-refractivity contribution in [3.05, 3.63) is 71.4 Å². The summed E-state index contributed by atoms with van der Waals surface area (Å²) in [6.07, 6.45) is 1.12. The van der Waals surface area contributed by atoms with E-state index >= 15 is 0 Å². The van der Waals surface area contributed by atoms with E-state index in [9.17, 15) is 4.79 Å². The number of aromatic nitrogens is 3. The van der Waals surface area contributed by atoms with E-state index in [1.165, 1.54) is 0 Å². The smallest absolute Gasteiger partial charge is 0.255 e. The van der Waals surface area contributed by atoms with E-state index in [1.54, 1.807) is 11.8 Å². The summed E-state index contributed by atoms with van der Waals surface area (Å²) in [5.74, 6) is 2.18. The molecule has 1 atom stereocenters. The number of carbonyl (C=O) groups is 1. The lowest BCUT2D eigenvalue weighted by Crippen LogP contribution is -2.31. The average Bonchev–Trinajstić information content (AvgIpc) is 3.20. The number of fused-ring (bicyclic) bond motifs is 1. The van der Waals surface area contributed by atoms with Crippen molar-refractivity contribution < 1.29 is 9.53 Å². The number of rotatable bonds is 8. The topological polar surface area (TPSA) is 81.1 Å². The molecule has 0 fully saturated rings. The van der Waals surface area contributed by atoms with E-state index in [1.807, 2.05) is 80.1 Å². The Morgan fingerprint density at radius 1 is 1.18 bits per heavy atom. The Morgan fingerprint density at radius 2 is 1.91 bits per heavy atom. The van der Waals surface area contributed by atoms with Crippen LogP contribution in [0, 0.1) is 0 Å². The summed E-state index contributed by atoms with van der Waals surface area (Å²) in [7, 11) is 0. The number of carbonyl (C=O) groups excluding carboxylic acids is 1. The van der Waals surface area contributed by atoms with Gasteiger partial charge in [0.25, 0.3) is 5.91 Å². The SMILES string of the molecule is CCCSc1nc2n(n1)C(c1ccc(OC(C)C)cc1)C(C(=O)Nc1ccccc1)=C(C)N2. The molecule has 0 bridgehead atoms. The van der Waals surface area contributed by atoms with Gasteiger partial charge in [0.15, 0.2) is 0 Å². The Labute approximate surface area is 198 Å². The summed E-state index contributed by atoms with van der Waals surface area (Å²) < 4.78 is 7.62. The standard InChI is InChI=1S/C25H29N5O2S/c1-5-15-33-25-28-24-26-17(4)21(23(31)27-19-9-7-6-8-10-19)22(30(24)29-25)18-11-13-20(14-12-18)32-16(2)3/h6-14,16,22H,5,15H2,1-4H3,(H,27,31)(H,26,28,29). The van der Waals surface area contributed by atoms with Crippen LogP contribution in [-0.4, -0.2) is 32.5 Å². The van der Waals surface area contributed by atoms with Crippen molar-refractivity contribution in [2.75, 3.05) is 16.4 Å². The van der Waals surface area contributed by atoms with Crippen molar-refractivity contribution in [3.63, 3.8) is 0 Å². The average molecular weight is 464 g/mol. The van der Waals surface area contributed by atoms with Gasteiger partial charge in [0, 0.05) is 17.1 Å². The van der Waals surface area contributed by atoms with Gasteiger partial charge in [0.2, 0.25) is 11.1 Å². The fourth-order valence-corrected chi connectivity index (χ4v) is 4.39. The van der Waals surface area contributed by atoms with Gasteiger partial charge in [-0.1, -0.05) is 49.0 Å². The lowest BCUT2D eigenvalue weighted by Gasteiger charge is -2.28. The fourth-order valence-electron chi connectivity index (χ4n) is 3.71. The zero-order chi connectivity index (χ0) is 23.4. The monoisotopic (exact) mass is 463 g/mol. The summed E-state index contributed by atoms with van der Waals surface area (Å²) in [6.45, 7) is 8.02. The van der Waals surface area contributed by atoms with Gasteiger partial charge in [0.05, 0.1) is 11.7 Å². The molecule has 1 unspecified atom stereocenters. The first-order chi connectivity index (χ1) is 16.0. The third-order valence-corrected chi connectivity index (χ3v) is 6.16. The highest BCUT2D eigenvalue weighted by Crippen LogP contribution is 2.37. The summed E-state index contributed by atoms with van der Waals surface area (Å²) in [6, 6.07) is 16.9. The van der Waals surface area contributed by atoms with Crippen molar-refractivity contribution >= 4 is 29.3 Å². The zero-order valence-corrected chi connectivity index (χ0v) is 20.1. The highest BCUT2D eigenvalue weighted by atomic mass is 32.2. The first kappa shape index (κ1) is 22.9. The number of nitrogens with one attached hydrogen (secondary N) is 2. The van der Waals surface area contributed by atoms with E-state index in [0.29, 0.717) is 16.7 Å². The summed E-state index contributed by atoms with van der Waals surface area (Å²) in [5, 5.41) is 11.8. The fraction of sp³-hybridized carbons (Fsp3) is 0.320. The van der Waals surface area contributed by atoms with Gasteiger partial charge in [0.1, 0.15) is 11.8 Å². The Balaban J connectivity index is 1.73. The van der Waals surface area contributed by atoms with Crippen molar-refractivity contribution in [1.29, 1.82) is 0 Å². The van der Waals surface area contributed by atoms with Crippen molar-refractivity contribution in [2.45, 2.75) is 51.4 Å². The van der Waals surface area contributed by atoms with Crippen LogP contribution in [0.4, 0.5) is 11.6 Å². The maximum atomic E-state index is 13.5. The number of amides is 1. The molecule has 4 rings (SSSR count). The van der Waals surface area contributed by atoms with Crippen LogP contribution >= 0.6 is 11.8 Å². The lowest BCUT2D eigenvalue weighted by molar-refractivity contribution is -0.113. The number of anilines is 2. The molecule has 0 spiro atoms. The number of para-hydroxylation sites is 1. The van der Waals surface area contributed by atoms with E-state index in [4.69, 9.17) is 9.84 Å². The second kappa shape index (κ2) is 10.1. The van der Waals surface area contributed by atoms with Crippen LogP contribution in [0.1, 0.15) is 45.7 Å². The van der Waals surface area contributed by atoms with Crippen LogP contribution < -0.4 is 15.4 Å². The van der Waals surface area contributed by atoms with Gasteiger partial charge >= 0.3 is 0 Å². The van der Waals surface area contributed by atoms with Crippen molar-refractivity contribution in [3.8, 4) is 5.75 Å². The molecule has 1 aliphatic rings. The molecular formula is C25H29N5O2S. The predicted molar refractivity (Wildman–Crippen MR) is 133 cm³/mol. The molecule has 8 heteroatoms. The molecule has 2 aromatic carbocycles. The highest BCUT2D eigenvalue weighted by Gasteiger charge is 2.34. The molecule has 0 saturated heterocycles. The minimum atomic E-state index is -0.415. The zero-order valence-electron chi connectivity index (χ0n) is 19.3. The van der Waals surface area contributed by atoms with Crippen LogP contribution in [0.3, 0.4) is 0 Å². The third-order valence-electron chi connectivity index (χ3n) is 5.11. The molecular weight excluding hydrogens is 434 g/mol. The second-order valence-corrected chi connectivity index (χ2v) is 9.20. The van der Waals surface area contributed by atoms with Gasteiger partial charge in [-0.2, -0.15) is 4.98 Å². The first-order valence-corrected chi connectivity index (χ1v) is 12.1. The van der Waals surface area contributed by atoms with Gasteiger partial charge in [-0.25, -0.2) is 4.68 Å². The highest BCUT2D eigenvalue weighted by molar-refractivity contribution is 7.99. The Kier molecular flexibility index (Phi) is 7.03. The van der Waals surface area contributed by atoms with Gasteiger partial charge in [-0.15, -0.1) is 5.10 Å². The predicted octanol–water partition coefficient (Wildman–Crippen LogP) is 5.50. The van der Waals surface area contributed by atoms with E-state index < -0.39 is 6.04 Å². The largest absolute Gasteiger partial charge is 0.491 e. The Bertz CT molecular complexity index is 1140. The van der Waals surface area contributed by atoms with Gasteiger partial charge in [-0.05, 0) is 57.0 Å². The Hall–Kier alpha value is -3.26. The molecule has 1 amide bonds. The van der Waals surface area contributed by atoms with E-state index in [-0.39, 0.29) is 12.0 Å². The number of benzene rings is 2. The number of nitrogens with zero attached hydrogens (tertiary/aromatic N) is 3. The molecule has 1 aliphatic heterocycles. The van der Waals surface area contributed by atoms with E-state index in [2.05, 4.69) is 22.5 Å². The number of hydrogen-bond donors (Lipinski definition) is 2. The summed E-state index contributed by atoms with van der Waals surface area (Å²) >= 11 is 1.61. The maximum Gasteiger partial charge on any atom is 0.255 e. The number of hydrogen-bond acceptors (Lipinski definition) is 6. The quantitative estimate of drug-likeness (QED) is 0.430. The molecule has 3 aromatic rings. The molecule has 7 nitrogen and oxygen atoms in total.